The van der Waals surface area contributed by atoms with Crippen molar-refractivity contribution in [2.45, 2.75) is 19.6 Å². The van der Waals surface area contributed by atoms with Gasteiger partial charge in [0.25, 0.3) is 0 Å². The Morgan fingerprint density at radius 3 is 1.58 bits per heavy atom. The Morgan fingerprint density at radius 1 is 1.42 bits per heavy atom. The average Bonchev–Trinajstić information content (AvgIpc) is 1.86. The maximum atomic E-state index is 9.33. The number of hydrogen-bond donors (Lipinski definition) is 1. The lowest BCUT2D eigenvalue weighted by atomic mass is 11.8. The summed E-state index contributed by atoms with van der Waals surface area (Å²) < 4.78 is 29.7. The molecule has 7 heteroatoms. The van der Waals surface area contributed by atoms with Gasteiger partial charge in [-0.1, -0.05) is 19.6 Å². The summed E-state index contributed by atoms with van der Waals surface area (Å²) in [6.45, 7) is 7.08. The van der Waals surface area contributed by atoms with Crippen molar-refractivity contribution < 1.29 is 17.2 Å². The zero-order chi connectivity index (χ0) is 10.4. The van der Waals surface area contributed by atoms with E-state index in [4.69, 9.17) is 4.55 Å². The van der Waals surface area contributed by atoms with Gasteiger partial charge in [-0.05, 0) is 5.79 Å². The second kappa shape index (κ2) is 6.04. The van der Waals surface area contributed by atoms with Crippen LogP contribution in [0.1, 0.15) is 0 Å². The molecule has 0 heterocycles. The maximum Gasteiger partial charge on any atom is 0.397 e. The molecule has 0 aromatic rings. The molecule has 0 radical (unpaired) electrons. The van der Waals surface area contributed by atoms with Crippen molar-refractivity contribution in [3.8, 4) is 0 Å². The fraction of sp³-hybridized carbons (Fsp3) is 1.00. The van der Waals surface area contributed by atoms with Crippen molar-refractivity contribution in [2.75, 3.05) is 12.9 Å². The first-order chi connectivity index (χ1) is 5.12. The summed E-state index contributed by atoms with van der Waals surface area (Å²) >= 11 is 0. The lowest BCUT2D eigenvalue weighted by Gasteiger charge is -2.09. The normalized spacial score (nSPS) is 11.8. The Hall–Kier alpha value is 0.517. The van der Waals surface area contributed by atoms with Crippen molar-refractivity contribution in [2.24, 2.45) is 0 Å². The Balaban J connectivity index is 0. The number of rotatable bonds is 2. The van der Waals surface area contributed by atoms with Gasteiger partial charge in [0.15, 0.2) is 0 Å². The first kappa shape index (κ1) is 15.0. The second-order valence-electron chi connectivity index (χ2n) is 3.36. The standard InChI is InChI=1S/C4H13PSi.CH4O4S/c1-6(2,3)4-5;1-5-6(2,3)4/h4-5H2,1-3H3;1H3,(H,2,3,4). The molecule has 4 nitrogen and oxygen atoms in total. The smallest absolute Gasteiger partial charge is 0.264 e. The minimum atomic E-state index is -4.16. The lowest BCUT2D eigenvalue weighted by Crippen LogP contribution is -2.21. The van der Waals surface area contributed by atoms with Gasteiger partial charge < -0.3 is 0 Å². The van der Waals surface area contributed by atoms with E-state index >= 15 is 0 Å². The van der Waals surface area contributed by atoms with Crippen LogP contribution in [0, 0.1) is 0 Å². The molecule has 12 heavy (non-hydrogen) atoms. The summed E-state index contributed by atoms with van der Waals surface area (Å²) in [5.41, 5.74) is 0. The highest BCUT2D eigenvalue weighted by Gasteiger charge is 2.06. The van der Waals surface area contributed by atoms with Gasteiger partial charge in [0.05, 0.1) is 7.11 Å². The average molecular weight is 232 g/mol. The van der Waals surface area contributed by atoms with Gasteiger partial charge in [0, 0.05) is 8.07 Å². The molecule has 0 fully saturated rings. The van der Waals surface area contributed by atoms with Gasteiger partial charge in [0.1, 0.15) is 0 Å². The topological polar surface area (TPSA) is 63.6 Å². The van der Waals surface area contributed by atoms with Crippen LogP contribution in [-0.4, -0.2) is 33.9 Å². The van der Waals surface area contributed by atoms with Gasteiger partial charge in [-0.15, -0.1) is 9.24 Å². The van der Waals surface area contributed by atoms with Crippen LogP contribution in [0.2, 0.25) is 19.6 Å². The highest BCUT2D eigenvalue weighted by atomic mass is 32.3. The quantitative estimate of drug-likeness (QED) is 0.441. The molecule has 0 aromatic heterocycles. The number of hydrogen-bond acceptors (Lipinski definition) is 3. The molecular weight excluding hydrogens is 215 g/mol. The fourth-order valence-electron chi connectivity index (χ4n) is 0. The lowest BCUT2D eigenvalue weighted by molar-refractivity contribution is 0.324. The van der Waals surface area contributed by atoms with Crippen LogP contribution in [0.4, 0.5) is 0 Å². The first-order valence-electron chi connectivity index (χ1n) is 3.35. The molecule has 0 aliphatic carbocycles. The minimum absolute atomic E-state index is 0.668. The highest BCUT2D eigenvalue weighted by molar-refractivity contribution is 7.80. The molecule has 0 aliphatic rings. The minimum Gasteiger partial charge on any atom is -0.264 e. The van der Waals surface area contributed by atoms with E-state index in [1.807, 2.05) is 0 Å². The molecule has 0 bridgehead atoms. The van der Waals surface area contributed by atoms with Gasteiger partial charge >= 0.3 is 10.4 Å². The van der Waals surface area contributed by atoms with Gasteiger partial charge in [-0.2, -0.15) is 8.42 Å². The molecule has 0 saturated heterocycles. The van der Waals surface area contributed by atoms with Crippen LogP contribution in [0.3, 0.4) is 0 Å². The molecule has 0 aromatic carbocycles. The van der Waals surface area contributed by atoms with Crippen LogP contribution >= 0.6 is 9.24 Å². The summed E-state index contributed by atoms with van der Waals surface area (Å²) in [4.78, 5) is 0. The molecule has 0 aliphatic heterocycles. The molecule has 0 spiro atoms. The van der Waals surface area contributed by atoms with Crippen molar-refractivity contribution in [3.63, 3.8) is 0 Å². The Labute approximate surface area is 77.9 Å². The fourth-order valence-corrected chi connectivity index (χ4v) is 0. The Bertz CT molecular complexity index is 196. The second-order valence-corrected chi connectivity index (χ2v) is 11.3. The molecule has 0 saturated carbocycles. The van der Waals surface area contributed by atoms with E-state index in [9.17, 15) is 8.42 Å². The van der Waals surface area contributed by atoms with E-state index in [0.29, 0.717) is 0 Å². The van der Waals surface area contributed by atoms with E-state index in [0.717, 1.165) is 7.11 Å². The molecule has 1 N–H and O–H groups in total. The van der Waals surface area contributed by atoms with Crippen molar-refractivity contribution in [3.05, 3.63) is 0 Å². The predicted octanol–water partition coefficient (Wildman–Crippen LogP) is 1.17. The summed E-state index contributed by atoms with van der Waals surface area (Å²) in [6, 6.07) is 0. The molecular formula is C5H17O4PSSi. The molecule has 1 atom stereocenters. The van der Waals surface area contributed by atoms with Gasteiger partial charge in [-0.25, -0.2) is 0 Å². The van der Waals surface area contributed by atoms with Crippen molar-refractivity contribution in [1.29, 1.82) is 0 Å². The SMILES string of the molecule is COS(=O)(=O)O.C[Si](C)(C)CP. The van der Waals surface area contributed by atoms with E-state index < -0.39 is 18.5 Å². The summed E-state index contributed by atoms with van der Waals surface area (Å²) in [7, 11) is -1.17. The van der Waals surface area contributed by atoms with Crippen molar-refractivity contribution >= 4 is 27.7 Å². The van der Waals surface area contributed by atoms with E-state index in [1.165, 1.54) is 5.79 Å². The first-order valence-corrected chi connectivity index (χ1v) is 9.24. The van der Waals surface area contributed by atoms with E-state index in [2.05, 4.69) is 33.1 Å². The summed E-state index contributed by atoms with van der Waals surface area (Å²) in [5, 5.41) is 0. The van der Waals surface area contributed by atoms with Crippen LogP contribution < -0.4 is 0 Å². The summed E-state index contributed by atoms with van der Waals surface area (Å²) in [6.07, 6.45) is 0. The van der Waals surface area contributed by atoms with Crippen LogP contribution in [0.15, 0.2) is 0 Å². The van der Waals surface area contributed by atoms with Crippen LogP contribution in [0.5, 0.6) is 0 Å². The maximum absolute atomic E-state index is 9.33. The van der Waals surface area contributed by atoms with Gasteiger partial charge in [0.2, 0.25) is 0 Å². The zero-order valence-corrected chi connectivity index (χ0v) is 10.8. The van der Waals surface area contributed by atoms with Crippen molar-refractivity contribution in [1.82, 2.24) is 0 Å². The molecule has 76 valence electrons. The largest absolute Gasteiger partial charge is 0.397 e. The van der Waals surface area contributed by atoms with Crippen LogP contribution in [0.25, 0.3) is 0 Å². The molecule has 1 unspecified atom stereocenters. The third kappa shape index (κ3) is 22.4. The Kier molecular flexibility index (Phi) is 7.56. The monoisotopic (exact) mass is 232 g/mol. The zero-order valence-electron chi connectivity index (χ0n) is 7.86. The summed E-state index contributed by atoms with van der Waals surface area (Å²) in [5.74, 6) is 1.33. The molecule has 0 amide bonds. The van der Waals surface area contributed by atoms with E-state index in [1.54, 1.807) is 0 Å². The molecule has 0 rings (SSSR count). The van der Waals surface area contributed by atoms with E-state index in [-0.39, 0.29) is 0 Å². The van der Waals surface area contributed by atoms with Gasteiger partial charge in [-0.3, -0.25) is 8.74 Å². The third-order valence-electron chi connectivity index (χ3n) is 0.823. The third-order valence-corrected chi connectivity index (χ3v) is 6.14. The Morgan fingerprint density at radius 2 is 1.58 bits per heavy atom. The highest BCUT2D eigenvalue weighted by Crippen LogP contribution is 2.02. The predicted molar refractivity (Wildman–Crippen MR) is 56.5 cm³/mol. The van der Waals surface area contributed by atoms with Crippen LogP contribution in [-0.2, 0) is 14.6 Å².